The Labute approximate surface area is 114 Å². The predicted octanol–water partition coefficient (Wildman–Crippen LogP) is 1.83. The number of ether oxygens (including phenoxy) is 1. The molecule has 1 aromatic carbocycles. The molecule has 4 nitrogen and oxygen atoms in total. The van der Waals surface area contributed by atoms with Crippen molar-refractivity contribution in [1.29, 1.82) is 0 Å². The number of carbonyl (C=O) groups is 1. The van der Waals surface area contributed by atoms with Gasteiger partial charge in [0.25, 0.3) is 5.91 Å². The van der Waals surface area contributed by atoms with Gasteiger partial charge in [-0.15, -0.1) is 0 Å². The predicted molar refractivity (Wildman–Crippen MR) is 75.7 cm³/mol. The summed E-state index contributed by atoms with van der Waals surface area (Å²) in [7, 11) is 0. The van der Waals surface area contributed by atoms with Crippen molar-refractivity contribution in [2.24, 2.45) is 0 Å². The number of piperazine rings is 1. The Morgan fingerprint density at radius 3 is 2.79 bits per heavy atom. The van der Waals surface area contributed by atoms with Crippen molar-refractivity contribution in [2.45, 2.75) is 20.3 Å². The van der Waals surface area contributed by atoms with Crippen molar-refractivity contribution in [2.75, 3.05) is 32.8 Å². The minimum absolute atomic E-state index is 0.0799. The summed E-state index contributed by atoms with van der Waals surface area (Å²) in [5.74, 6) is 0.785. The number of carbonyl (C=O) groups excluding carboxylic acids is 1. The number of benzene rings is 1. The van der Waals surface area contributed by atoms with E-state index >= 15 is 0 Å². The van der Waals surface area contributed by atoms with Crippen LogP contribution in [-0.4, -0.2) is 43.6 Å². The molecule has 1 heterocycles. The number of amides is 1. The number of hydrogen-bond acceptors (Lipinski definition) is 3. The van der Waals surface area contributed by atoms with Crippen molar-refractivity contribution < 1.29 is 9.53 Å². The zero-order chi connectivity index (χ0) is 13.7. The zero-order valence-corrected chi connectivity index (χ0v) is 11.7. The lowest BCUT2D eigenvalue weighted by molar-refractivity contribution is 0.0731. The second-order valence-electron chi connectivity index (χ2n) is 4.89. The van der Waals surface area contributed by atoms with Crippen LogP contribution >= 0.6 is 0 Å². The van der Waals surface area contributed by atoms with E-state index in [9.17, 15) is 4.79 Å². The molecule has 1 fully saturated rings. The van der Waals surface area contributed by atoms with E-state index in [4.69, 9.17) is 4.74 Å². The van der Waals surface area contributed by atoms with Crippen LogP contribution in [0.4, 0.5) is 0 Å². The molecular weight excluding hydrogens is 240 g/mol. The molecule has 0 saturated carbocycles. The molecule has 0 radical (unpaired) electrons. The van der Waals surface area contributed by atoms with Gasteiger partial charge < -0.3 is 15.0 Å². The van der Waals surface area contributed by atoms with Crippen LogP contribution in [0.25, 0.3) is 0 Å². The average Bonchev–Trinajstić information content (AvgIpc) is 2.46. The maximum absolute atomic E-state index is 12.6. The van der Waals surface area contributed by atoms with Crippen LogP contribution in [0.5, 0.6) is 5.75 Å². The van der Waals surface area contributed by atoms with Gasteiger partial charge in [0.2, 0.25) is 0 Å². The van der Waals surface area contributed by atoms with Crippen molar-refractivity contribution in [3.8, 4) is 5.75 Å². The Morgan fingerprint density at radius 1 is 1.37 bits per heavy atom. The first-order valence-electron chi connectivity index (χ1n) is 6.96. The lowest BCUT2D eigenvalue weighted by atomic mass is 10.1. The molecule has 0 atom stereocenters. The highest BCUT2D eigenvalue weighted by atomic mass is 16.5. The van der Waals surface area contributed by atoms with Crippen LogP contribution in [0, 0.1) is 6.92 Å². The highest BCUT2D eigenvalue weighted by molar-refractivity contribution is 5.97. The van der Waals surface area contributed by atoms with Gasteiger partial charge in [0.1, 0.15) is 5.75 Å². The van der Waals surface area contributed by atoms with E-state index in [1.54, 1.807) is 0 Å². The number of rotatable bonds is 4. The molecule has 0 bridgehead atoms. The average molecular weight is 262 g/mol. The van der Waals surface area contributed by atoms with Crippen molar-refractivity contribution in [3.63, 3.8) is 0 Å². The summed E-state index contributed by atoms with van der Waals surface area (Å²) < 4.78 is 5.69. The molecule has 1 aliphatic heterocycles. The molecule has 0 unspecified atom stereocenters. The fourth-order valence-electron chi connectivity index (χ4n) is 2.19. The molecule has 1 aliphatic rings. The number of nitrogens with zero attached hydrogens (tertiary/aromatic N) is 1. The smallest absolute Gasteiger partial charge is 0.257 e. The highest BCUT2D eigenvalue weighted by Gasteiger charge is 2.21. The van der Waals surface area contributed by atoms with Crippen molar-refractivity contribution in [1.82, 2.24) is 10.2 Å². The summed E-state index contributed by atoms with van der Waals surface area (Å²) in [6.45, 7) is 7.96. The molecule has 0 aliphatic carbocycles. The van der Waals surface area contributed by atoms with E-state index in [1.807, 2.05) is 30.0 Å². The largest absolute Gasteiger partial charge is 0.493 e. The van der Waals surface area contributed by atoms with Crippen LogP contribution in [-0.2, 0) is 0 Å². The molecule has 0 spiro atoms. The summed E-state index contributed by atoms with van der Waals surface area (Å²) in [4.78, 5) is 14.4. The van der Waals surface area contributed by atoms with Gasteiger partial charge in [0.05, 0.1) is 12.2 Å². The summed E-state index contributed by atoms with van der Waals surface area (Å²) in [6, 6.07) is 5.81. The molecule has 4 heteroatoms. The number of aryl methyl sites for hydroxylation is 1. The first-order chi connectivity index (χ1) is 9.22. The first-order valence-corrected chi connectivity index (χ1v) is 6.96. The van der Waals surface area contributed by atoms with Gasteiger partial charge in [-0.2, -0.15) is 0 Å². The molecular formula is C15H22N2O2. The van der Waals surface area contributed by atoms with Crippen LogP contribution < -0.4 is 10.1 Å². The monoisotopic (exact) mass is 262 g/mol. The van der Waals surface area contributed by atoms with Crippen LogP contribution in [0.15, 0.2) is 18.2 Å². The van der Waals surface area contributed by atoms with Crippen LogP contribution in [0.3, 0.4) is 0 Å². The Kier molecular flexibility index (Phi) is 4.80. The molecule has 1 aromatic rings. The fraction of sp³-hybridized carbons (Fsp3) is 0.533. The minimum Gasteiger partial charge on any atom is -0.493 e. The Hall–Kier alpha value is -1.55. The Bertz CT molecular complexity index is 440. The number of hydrogen-bond donors (Lipinski definition) is 1. The second kappa shape index (κ2) is 6.57. The van der Waals surface area contributed by atoms with Gasteiger partial charge in [0, 0.05) is 26.2 Å². The molecule has 1 saturated heterocycles. The highest BCUT2D eigenvalue weighted by Crippen LogP contribution is 2.22. The third-order valence-corrected chi connectivity index (χ3v) is 3.23. The normalized spacial score (nSPS) is 15.4. The molecule has 19 heavy (non-hydrogen) atoms. The van der Waals surface area contributed by atoms with Crippen LogP contribution in [0.2, 0.25) is 0 Å². The standard InChI is InChI=1S/C15H22N2O2/c1-3-10-19-14-5-4-12(2)11-13(14)15(18)17-8-6-16-7-9-17/h4-5,11,16H,3,6-10H2,1-2H3. The molecule has 0 aromatic heterocycles. The van der Waals surface area contributed by atoms with Crippen molar-refractivity contribution in [3.05, 3.63) is 29.3 Å². The lowest BCUT2D eigenvalue weighted by Crippen LogP contribution is -2.46. The topological polar surface area (TPSA) is 41.6 Å². The van der Waals surface area contributed by atoms with E-state index in [1.165, 1.54) is 0 Å². The second-order valence-corrected chi connectivity index (χ2v) is 4.89. The van der Waals surface area contributed by atoms with Gasteiger partial charge in [0.15, 0.2) is 0 Å². The maximum atomic E-state index is 12.6. The van der Waals surface area contributed by atoms with Gasteiger partial charge in [-0.3, -0.25) is 4.79 Å². The zero-order valence-electron chi connectivity index (χ0n) is 11.7. The molecule has 1 N–H and O–H groups in total. The summed E-state index contributed by atoms with van der Waals surface area (Å²) in [5, 5.41) is 3.26. The molecule has 2 rings (SSSR count). The Balaban J connectivity index is 2.20. The van der Waals surface area contributed by atoms with Gasteiger partial charge in [-0.25, -0.2) is 0 Å². The third kappa shape index (κ3) is 3.47. The van der Waals surface area contributed by atoms with Gasteiger partial charge in [-0.1, -0.05) is 18.6 Å². The van der Waals surface area contributed by atoms with E-state index in [2.05, 4.69) is 12.2 Å². The lowest BCUT2D eigenvalue weighted by Gasteiger charge is -2.28. The van der Waals surface area contributed by atoms with E-state index in [0.717, 1.165) is 38.2 Å². The van der Waals surface area contributed by atoms with E-state index < -0.39 is 0 Å². The molecule has 104 valence electrons. The molecule has 1 amide bonds. The van der Waals surface area contributed by atoms with E-state index in [0.29, 0.717) is 17.9 Å². The number of nitrogens with one attached hydrogen (secondary N) is 1. The van der Waals surface area contributed by atoms with Gasteiger partial charge in [-0.05, 0) is 25.5 Å². The summed E-state index contributed by atoms with van der Waals surface area (Å²) in [5.41, 5.74) is 1.78. The summed E-state index contributed by atoms with van der Waals surface area (Å²) in [6.07, 6.45) is 0.940. The Morgan fingerprint density at radius 2 is 2.11 bits per heavy atom. The van der Waals surface area contributed by atoms with Crippen LogP contribution in [0.1, 0.15) is 29.3 Å². The fourth-order valence-corrected chi connectivity index (χ4v) is 2.19. The third-order valence-electron chi connectivity index (χ3n) is 3.23. The quantitative estimate of drug-likeness (QED) is 0.900. The van der Waals surface area contributed by atoms with Gasteiger partial charge >= 0.3 is 0 Å². The van der Waals surface area contributed by atoms with Crippen molar-refractivity contribution >= 4 is 5.91 Å². The van der Waals surface area contributed by atoms with E-state index in [-0.39, 0.29) is 5.91 Å². The first kappa shape index (κ1) is 13.9. The maximum Gasteiger partial charge on any atom is 0.257 e. The summed E-state index contributed by atoms with van der Waals surface area (Å²) >= 11 is 0. The minimum atomic E-state index is 0.0799. The SMILES string of the molecule is CCCOc1ccc(C)cc1C(=O)N1CCNCC1.